The normalized spacial score (nSPS) is 29.2. The molecular formula is C22H23NO4. The summed E-state index contributed by atoms with van der Waals surface area (Å²) in [4.78, 5) is 27.7. The topological polar surface area (TPSA) is 66.8 Å². The molecule has 2 heterocycles. The quantitative estimate of drug-likeness (QED) is 0.849. The van der Waals surface area contributed by atoms with Crippen LogP contribution in [0.3, 0.4) is 0 Å². The molecular weight excluding hydrogens is 342 g/mol. The molecule has 1 amide bonds. The predicted molar refractivity (Wildman–Crippen MR) is 101 cm³/mol. The van der Waals surface area contributed by atoms with Gasteiger partial charge in [0.1, 0.15) is 5.41 Å². The van der Waals surface area contributed by atoms with Gasteiger partial charge in [0.05, 0.1) is 18.8 Å². The number of nitrogens with zero attached hydrogens (tertiary/aromatic N) is 1. The smallest absolute Gasteiger partial charge is 0.318 e. The van der Waals surface area contributed by atoms with E-state index >= 15 is 0 Å². The first kappa shape index (κ1) is 17.7. The molecule has 5 heteroatoms. The van der Waals surface area contributed by atoms with E-state index in [0.29, 0.717) is 18.5 Å². The molecule has 140 valence electrons. The number of para-hydroxylation sites is 1. The van der Waals surface area contributed by atoms with E-state index in [9.17, 15) is 14.7 Å². The van der Waals surface area contributed by atoms with Crippen LogP contribution in [0.4, 0.5) is 5.69 Å². The summed E-state index contributed by atoms with van der Waals surface area (Å²) >= 11 is 0. The van der Waals surface area contributed by atoms with Crippen LogP contribution in [0.1, 0.15) is 30.9 Å². The van der Waals surface area contributed by atoms with Crippen molar-refractivity contribution in [1.29, 1.82) is 0 Å². The number of carbonyl (C=O) groups excluding carboxylic acids is 2. The second-order valence-corrected chi connectivity index (χ2v) is 7.67. The van der Waals surface area contributed by atoms with Gasteiger partial charge in [-0.05, 0) is 37.0 Å². The lowest BCUT2D eigenvalue weighted by Gasteiger charge is -2.47. The van der Waals surface area contributed by atoms with Gasteiger partial charge in [-0.1, -0.05) is 48.5 Å². The van der Waals surface area contributed by atoms with E-state index in [2.05, 4.69) is 0 Å². The van der Waals surface area contributed by atoms with E-state index in [1.165, 1.54) is 7.11 Å². The molecule has 0 saturated carbocycles. The minimum absolute atomic E-state index is 0.0715. The van der Waals surface area contributed by atoms with Gasteiger partial charge in [0.2, 0.25) is 5.91 Å². The van der Waals surface area contributed by atoms with Crippen molar-refractivity contribution in [3.63, 3.8) is 0 Å². The number of carbonyl (C=O) groups is 2. The van der Waals surface area contributed by atoms with Gasteiger partial charge < -0.3 is 14.7 Å². The second kappa shape index (κ2) is 6.20. The van der Waals surface area contributed by atoms with Crippen LogP contribution in [0.5, 0.6) is 0 Å². The number of hydrogen-bond acceptors (Lipinski definition) is 4. The van der Waals surface area contributed by atoms with Gasteiger partial charge in [-0.25, -0.2) is 0 Å². The molecule has 2 aromatic carbocycles. The van der Waals surface area contributed by atoms with Crippen LogP contribution in [0.2, 0.25) is 0 Å². The molecule has 0 bridgehead atoms. The number of aliphatic hydroxyl groups is 1. The Labute approximate surface area is 158 Å². The lowest BCUT2D eigenvalue weighted by Crippen LogP contribution is -2.66. The van der Waals surface area contributed by atoms with Gasteiger partial charge in [0.25, 0.3) is 0 Å². The maximum atomic E-state index is 13.3. The molecule has 1 fully saturated rings. The van der Waals surface area contributed by atoms with E-state index in [1.807, 2.05) is 54.6 Å². The summed E-state index contributed by atoms with van der Waals surface area (Å²) in [5.41, 5.74) is 0.00532. The third-order valence-electron chi connectivity index (χ3n) is 5.95. The average Bonchev–Trinajstić information content (AvgIpc) is 2.98. The van der Waals surface area contributed by atoms with Gasteiger partial charge in [-0.2, -0.15) is 0 Å². The van der Waals surface area contributed by atoms with Gasteiger partial charge in [-0.15, -0.1) is 0 Å². The van der Waals surface area contributed by atoms with Crippen LogP contribution in [-0.2, 0) is 26.2 Å². The third kappa shape index (κ3) is 2.49. The average molecular weight is 365 g/mol. The molecule has 0 aliphatic carbocycles. The van der Waals surface area contributed by atoms with Crippen LogP contribution >= 0.6 is 0 Å². The highest BCUT2D eigenvalue weighted by Gasteiger charge is 2.65. The second-order valence-electron chi connectivity index (χ2n) is 7.67. The summed E-state index contributed by atoms with van der Waals surface area (Å²) in [6, 6.07) is 16.4. The molecule has 0 aromatic heterocycles. The van der Waals surface area contributed by atoms with Crippen LogP contribution < -0.4 is 4.90 Å². The highest BCUT2D eigenvalue weighted by atomic mass is 16.5. The van der Waals surface area contributed by atoms with Crippen molar-refractivity contribution < 1.29 is 19.4 Å². The van der Waals surface area contributed by atoms with Crippen molar-refractivity contribution in [3.05, 3.63) is 65.7 Å². The monoisotopic (exact) mass is 365 g/mol. The van der Waals surface area contributed by atoms with Crippen molar-refractivity contribution in [2.45, 2.75) is 43.2 Å². The molecule has 4 rings (SSSR count). The Bertz CT molecular complexity index is 892. The number of rotatable bonds is 3. The van der Waals surface area contributed by atoms with Crippen molar-refractivity contribution >= 4 is 17.6 Å². The summed E-state index contributed by atoms with van der Waals surface area (Å²) < 4.78 is 5.26. The lowest BCUT2D eigenvalue weighted by molar-refractivity contribution is -0.153. The van der Waals surface area contributed by atoms with E-state index in [-0.39, 0.29) is 12.3 Å². The van der Waals surface area contributed by atoms with Crippen LogP contribution in [0, 0.1) is 0 Å². The minimum Gasteiger partial charge on any atom is -0.468 e. The Hall–Kier alpha value is -2.66. The first-order valence-corrected chi connectivity index (χ1v) is 9.18. The zero-order chi connectivity index (χ0) is 19.2. The SMILES string of the molecule is COC(=O)[C@@]1(Cc2ccccc2)c2ccccc2N2C(=O)CC[C@](C)(O)[C@H]21. The van der Waals surface area contributed by atoms with Crippen molar-refractivity contribution in [3.8, 4) is 0 Å². The zero-order valence-electron chi connectivity index (χ0n) is 15.5. The van der Waals surface area contributed by atoms with Crippen molar-refractivity contribution in [2.75, 3.05) is 12.0 Å². The maximum Gasteiger partial charge on any atom is 0.318 e. The largest absolute Gasteiger partial charge is 0.468 e. The predicted octanol–water partition coefficient (Wildman–Crippen LogP) is 2.60. The van der Waals surface area contributed by atoms with E-state index in [1.54, 1.807) is 11.8 Å². The highest BCUT2D eigenvalue weighted by Crippen LogP contribution is 2.54. The molecule has 1 saturated heterocycles. The Kier molecular flexibility index (Phi) is 4.07. The number of amides is 1. The number of hydrogen-bond donors (Lipinski definition) is 1. The standard InChI is InChI=1S/C22H23NO4/c1-21(26)13-12-18(24)23-17-11-7-6-10-16(17)22(19(21)23,20(25)27-2)14-15-8-4-3-5-9-15/h3-11,19,26H,12-14H2,1-2H3/t19-,21-,22-/m0/s1. The fraction of sp³-hybridized carbons (Fsp3) is 0.364. The molecule has 2 aromatic rings. The number of ether oxygens (including phenoxy) is 1. The first-order chi connectivity index (χ1) is 12.9. The fourth-order valence-corrected chi connectivity index (χ4v) is 4.86. The summed E-state index contributed by atoms with van der Waals surface area (Å²) in [5, 5.41) is 11.3. The van der Waals surface area contributed by atoms with E-state index in [4.69, 9.17) is 4.74 Å². The van der Waals surface area contributed by atoms with Gasteiger partial charge in [0.15, 0.2) is 0 Å². The van der Waals surface area contributed by atoms with Gasteiger partial charge in [-0.3, -0.25) is 9.59 Å². The molecule has 0 unspecified atom stereocenters. The molecule has 2 aliphatic rings. The number of anilines is 1. The third-order valence-corrected chi connectivity index (χ3v) is 5.95. The first-order valence-electron chi connectivity index (χ1n) is 9.18. The van der Waals surface area contributed by atoms with E-state index < -0.39 is 23.0 Å². The van der Waals surface area contributed by atoms with Crippen molar-refractivity contribution in [2.24, 2.45) is 0 Å². The van der Waals surface area contributed by atoms with Gasteiger partial charge in [0, 0.05) is 12.1 Å². The molecule has 1 N–H and O–H groups in total. The van der Waals surface area contributed by atoms with Crippen LogP contribution in [-0.4, -0.2) is 35.7 Å². The Morgan fingerprint density at radius 2 is 1.85 bits per heavy atom. The number of methoxy groups -OCH3 is 1. The number of fused-ring (bicyclic) bond motifs is 3. The number of piperidine rings is 1. The highest BCUT2D eigenvalue weighted by molar-refractivity contribution is 6.03. The van der Waals surface area contributed by atoms with Crippen LogP contribution in [0.15, 0.2) is 54.6 Å². The molecule has 3 atom stereocenters. The molecule has 0 spiro atoms. The minimum atomic E-state index is -1.21. The molecule has 0 radical (unpaired) electrons. The molecule has 5 nitrogen and oxygen atoms in total. The summed E-state index contributed by atoms with van der Waals surface area (Å²) in [6.07, 6.45) is 0.914. The number of esters is 1. The molecule has 2 aliphatic heterocycles. The Balaban J connectivity index is 2.00. The summed E-state index contributed by atoms with van der Waals surface area (Å²) in [6.45, 7) is 1.71. The fourth-order valence-electron chi connectivity index (χ4n) is 4.86. The Morgan fingerprint density at radius 1 is 1.19 bits per heavy atom. The van der Waals surface area contributed by atoms with Crippen LogP contribution in [0.25, 0.3) is 0 Å². The Morgan fingerprint density at radius 3 is 2.56 bits per heavy atom. The van der Waals surface area contributed by atoms with Gasteiger partial charge >= 0.3 is 5.97 Å². The van der Waals surface area contributed by atoms with E-state index in [0.717, 1.165) is 11.1 Å². The number of benzene rings is 2. The lowest BCUT2D eigenvalue weighted by atomic mass is 9.65. The summed E-state index contributed by atoms with van der Waals surface area (Å²) in [5.74, 6) is -0.501. The van der Waals surface area contributed by atoms with Crippen molar-refractivity contribution in [1.82, 2.24) is 0 Å². The maximum absolute atomic E-state index is 13.3. The molecule has 27 heavy (non-hydrogen) atoms. The zero-order valence-corrected chi connectivity index (χ0v) is 15.5. The summed E-state index contributed by atoms with van der Waals surface area (Å²) in [7, 11) is 1.36.